The van der Waals surface area contributed by atoms with Crippen LogP contribution in [0.1, 0.15) is 39.0 Å². The van der Waals surface area contributed by atoms with E-state index in [4.69, 9.17) is 23.2 Å². The van der Waals surface area contributed by atoms with Gasteiger partial charge in [0.25, 0.3) is 0 Å². The van der Waals surface area contributed by atoms with Crippen LogP contribution < -0.4 is 4.90 Å². The van der Waals surface area contributed by atoms with Gasteiger partial charge in [0.05, 0.1) is 21.2 Å². The Morgan fingerprint density at radius 1 is 0.932 bits per heavy atom. The van der Waals surface area contributed by atoms with Crippen molar-refractivity contribution in [1.82, 2.24) is 13.5 Å². The van der Waals surface area contributed by atoms with E-state index < -0.39 is 20.0 Å². The molecule has 0 spiro atoms. The third kappa shape index (κ3) is 8.70. The number of piperidine rings is 2. The fraction of sp³-hybridized carbons (Fsp3) is 0.567. The number of anilines is 1. The molecule has 4 rings (SSSR count). The zero-order valence-electron chi connectivity index (χ0n) is 25.5. The molecule has 0 aromatic heterocycles. The highest BCUT2D eigenvalue weighted by molar-refractivity contribution is 7.98. The number of rotatable bonds is 12. The second-order valence-electron chi connectivity index (χ2n) is 11.3. The summed E-state index contributed by atoms with van der Waals surface area (Å²) in [5, 5.41) is 0.777. The Bertz CT molecular complexity index is 1490. The molecule has 2 heterocycles. The van der Waals surface area contributed by atoms with Crippen LogP contribution in [0.3, 0.4) is 0 Å². The number of halogens is 2. The normalized spacial score (nSPS) is 18.1. The molecule has 0 saturated carbocycles. The number of carbonyl (C=O) groups is 1. The number of sulfonamides is 2. The predicted octanol–water partition coefficient (Wildman–Crippen LogP) is 5.29. The second-order valence-corrected chi connectivity index (χ2v) is 16.9. The monoisotopic (exact) mass is 704 g/mol. The molecule has 0 N–H and O–H groups in total. The lowest BCUT2D eigenvalue weighted by atomic mass is 9.96. The molecule has 2 saturated heterocycles. The van der Waals surface area contributed by atoms with E-state index in [0.717, 1.165) is 43.8 Å². The maximum atomic E-state index is 13.7. The van der Waals surface area contributed by atoms with Crippen molar-refractivity contribution in [2.45, 2.75) is 54.9 Å². The van der Waals surface area contributed by atoms with E-state index in [1.807, 2.05) is 25.3 Å². The number of likely N-dealkylation sites (tertiary alicyclic amines) is 1. The molecule has 0 unspecified atom stereocenters. The highest BCUT2D eigenvalue weighted by atomic mass is 35.5. The number of hydrogen-bond donors (Lipinski definition) is 0. The minimum atomic E-state index is -3.59. The van der Waals surface area contributed by atoms with Crippen molar-refractivity contribution in [2.75, 3.05) is 63.2 Å². The minimum absolute atomic E-state index is 0.0374. The largest absolute Gasteiger partial charge is 0.312 e. The Kier molecular flexibility index (Phi) is 12.5. The highest BCUT2D eigenvalue weighted by Crippen LogP contribution is 2.31. The molecule has 0 radical (unpaired) electrons. The smallest absolute Gasteiger partial charge is 0.243 e. The van der Waals surface area contributed by atoms with Gasteiger partial charge in [0.1, 0.15) is 0 Å². The second kappa shape index (κ2) is 15.5. The summed E-state index contributed by atoms with van der Waals surface area (Å²) >= 11 is 14.0. The van der Waals surface area contributed by atoms with Gasteiger partial charge in [0.2, 0.25) is 26.0 Å². The molecule has 2 aliphatic rings. The number of carbonyl (C=O) groups excluding carboxylic acids is 1. The lowest BCUT2D eigenvalue weighted by molar-refractivity contribution is -0.123. The summed E-state index contributed by atoms with van der Waals surface area (Å²) in [5.41, 5.74) is 0.669. The van der Waals surface area contributed by atoms with E-state index in [1.165, 1.54) is 10.6 Å². The van der Waals surface area contributed by atoms with E-state index in [-0.39, 0.29) is 17.9 Å². The van der Waals surface area contributed by atoms with Crippen LogP contribution in [0.5, 0.6) is 0 Å². The van der Waals surface area contributed by atoms with Crippen LogP contribution in [-0.4, -0.2) is 101 Å². The van der Waals surface area contributed by atoms with Crippen LogP contribution in [0.2, 0.25) is 10.0 Å². The van der Waals surface area contributed by atoms with Gasteiger partial charge in [-0.15, -0.1) is 11.8 Å². The van der Waals surface area contributed by atoms with Gasteiger partial charge in [-0.3, -0.25) is 4.79 Å². The van der Waals surface area contributed by atoms with Crippen LogP contribution in [0.15, 0.2) is 52.3 Å². The molecule has 0 bridgehead atoms. The molecule has 2 aromatic carbocycles. The summed E-state index contributed by atoms with van der Waals surface area (Å²) in [5.74, 6) is -0.318. The molecule has 0 aliphatic carbocycles. The Hall–Kier alpha value is -1.38. The Labute approximate surface area is 276 Å². The van der Waals surface area contributed by atoms with Gasteiger partial charge in [0.15, 0.2) is 0 Å². The van der Waals surface area contributed by atoms with Gasteiger partial charge in [-0.2, -0.15) is 4.31 Å². The molecule has 1 amide bonds. The zero-order valence-corrected chi connectivity index (χ0v) is 29.5. The molecular weight excluding hydrogens is 663 g/mol. The van der Waals surface area contributed by atoms with Crippen LogP contribution >= 0.6 is 35.0 Å². The summed E-state index contributed by atoms with van der Waals surface area (Å²) in [6.07, 6.45) is 6.30. The fourth-order valence-electron chi connectivity index (χ4n) is 6.07. The molecule has 244 valence electrons. The van der Waals surface area contributed by atoms with Crippen molar-refractivity contribution in [3.05, 3.63) is 52.5 Å². The summed E-state index contributed by atoms with van der Waals surface area (Å²) in [4.78, 5) is 19.2. The minimum Gasteiger partial charge on any atom is -0.312 e. The van der Waals surface area contributed by atoms with Gasteiger partial charge >= 0.3 is 0 Å². The first-order valence-electron chi connectivity index (χ1n) is 14.9. The maximum Gasteiger partial charge on any atom is 0.243 e. The standard InChI is InChI=1S/C30H42Cl2N4O5S3/c1-4-36(44(40,41)27-9-7-26(42-2)8-10-27)24-14-18-33(19-15-24)16-5-17-35(25-6-11-28(31)29(32)22-25)30(37)23-12-20-34(21-13-23)43(3,38)39/h6-11,22-24H,4-5,12-21H2,1-3H3. The van der Waals surface area contributed by atoms with Gasteiger partial charge in [-0.25, -0.2) is 21.1 Å². The first-order valence-corrected chi connectivity index (χ1v) is 20.2. The van der Waals surface area contributed by atoms with Crippen LogP contribution in [0, 0.1) is 5.92 Å². The summed E-state index contributed by atoms with van der Waals surface area (Å²) < 4.78 is 53.9. The van der Waals surface area contributed by atoms with Crippen LogP contribution in [0.25, 0.3) is 0 Å². The summed E-state index contributed by atoms with van der Waals surface area (Å²) in [7, 11) is -6.87. The molecule has 14 heteroatoms. The van der Waals surface area contributed by atoms with Crippen molar-refractivity contribution in [1.29, 1.82) is 0 Å². The fourth-order valence-corrected chi connectivity index (χ4v) is 9.33. The summed E-state index contributed by atoms with van der Waals surface area (Å²) in [6, 6.07) is 12.2. The van der Waals surface area contributed by atoms with Crippen molar-refractivity contribution in [3.63, 3.8) is 0 Å². The number of nitrogens with zero attached hydrogens (tertiary/aromatic N) is 4. The third-order valence-electron chi connectivity index (χ3n) is 8.55. The Balaban J connectivity index is 1.35. The first-order chi connectivity index (χ1) is 20.8. The van der Waals surface area contributed by atoms with Crippen molar-refractivity contribution < 1.29 is 21.6 Å². The molecule has 9 nitrogen and oxygen atoms in total. The average molecular weight is 706 g/mol. The molecule has 0 atom stereocenters. The molecule has 44 heavy (non-hydrogen) atoms. The van der Waals surface area contributed by atoms with Crippen LogP contribution in [0.4, 0.5) is 5.69 Å². The van der Waals surface area contributed by atoms with Gasteiger partial charge in [-0.1, -0.05) is 30.1 Å². The predicted molar refractivity (Wildman–Crippen MR) is 180 cm³/mol. The van der Waals surface area contributed by atoms with Gasteiger partial charge < -0.3 is 9.80 Å². The van der Waals surface area contributed by atoms with Crippen molar-refractivity contribution >= 4 is 66.6 Å². The zero-order chi connectivity index (χ0) is 32.1. The lowest BCUT2D eigenvalue weighted by Crippen LogP contribution is -2.48. The molecule has 2 fully saturated rings. The third-order valence-corrected chi connectivity index (χ3v) is 13.4. The van der Waals surface area contributed by atoms with Gasteiger partial charge in [-0.05, 0) is 100 Å². The maximum absolute atomic E-state index is 13.7. The van der Waals surface area contributed by atoms with E-state index in [1.54, 1.807) is 51.3 Å². The van der Waals surface area contributed by atoms with E-state index in [9.17, 15) is 21.6 Å². The Morgan fingerprint density at radius 3 is 2.11 bits per heavy atom. The SMILES string of the molecule is CCN(C1CCN(CCCN(C(=O)C2CCN(S(C)(=O)=O)CC2)c2ccc(Cl)c(Cl)c2)CC1)S(=O)(=O)c1ccc(SC)cc1. The van der Waals surface area contributed by atoms with Crippen LogP contribution in [-0.2, 0) is 24.8 Å². The number of hydrogen-bond acceptors (Lipinski definition) is 7. The van der Waals surface area contributed by atoms with E-state index in [0.29, 0.717) is 59.6 Å². The Morgan fingerprint density at radius 2 is 1.57 bits per heavy atom. The van der Waals surface area contributed by atoms with E-state index in [2.05, 4.69) is 4.90 Å². The number of thioether (sulfide) groups is 1. The molecular formula is C30H42Cl2N4O5S3. The highest BCUT2D eigenvalue weighted by Gasteiger charge is 2.34. The number of amides is 1. The summed E-state index contributed by atoms with van der Waals surface area (Å²) in [6.45, 7) is 5.74. The quantitative estimate of drug-likeness (QED) is 0.277. The molecule has 2 aromatic rings. The number of benzene rings is 2. The van der Waals surface area contributed by atoms with Crippen molar-refractivity contribution in [3.8, 4) is 0 Å². The van der Waals surface area contributed by atoms with Gasteiger partial charge in [0, 0.05) is 48.7 Å². The molecule has 2 aliphatic heterocycles. The van der Waals surface area contributed by atoms with E-state index >= 15 is 0 Å². The van der Waals surface area contributed by atoms with Crippen molar-refractivity contribution in [2.24, 2.45) is 5.92 Å². The topological polar surface area (TPSA) is 98.3 Å². The average Bonchev–Trinajstić information content (AvgIpc) is 3.01. The first kappa shape index (κ1) is 35.5. The lowest BCUT2D eigenvalue weighted by Gasteiger charge is -2.38.